The SMILES string of the molecule is COc1ccc(C2(c3ccc(Cl)cc3)CCCCC2)cc1OC. The highest BCUT2D eigenvalue weighted by atomic mass is 35.5. The largest absolute Gasteiger partial charge is 0.493 e. The molecule has 0 spiro atoms. The summed E-state index contributed by atoms with van der Waals surface area (Å²) in [6.45, 7) is 0. The third-order valence-corrected chi connectivity index (χ3v) is 5.29. The number of halogens is 1. The Hall–Kier alpha value is -1.67. The molecule has 2 aromatic rings. The molecule has 0 heterocycles. The van der Waals surface area contributed by atoms with Crippen LogP contribution in [0.25, 0.3) is 0 Å². The molecule has 0 unspecified atom stereocenters. The van der Waals surface area contributed by atoms with Crippen molar-refractivity contribution in [3.63, 3.8) is 0 Å². The van der Waals surface area contributed by atoms with Gasteiger partial charge in [-0.25, -0.2) is 0 Å². The minimum Gasteiger partial charge on any atom is -0.493 e. The van der Waals surface area contributed by atoms with Crippen molar-refractivity contribution in [2.45, 2.75) is 37.5 Å². The molecule has 0 saturated heterocycles. The predicted octanol–water partition coefficient (Wildman–Crippen LogP) is 5.61. The van der Waals surface area contributed by atoms with Crippen molar-refractivity contribution >= 4 is 11.6 Å². The summed E-state index contributed by atoms with van der Waals surface area (Å²) in [4.78, 5) is 0. The molecule has 2 aromatic carbocycles. The van der Waals surface area contributed by atoms with E-state index in [0.29, 0.717) is 0 Å². The Morgan fingerprint density at radius 3 is 2.00 bits per heavy atom. The first-order valence-electron chi connectivity index (χ1n) is 8.18. The summed E-state index contributed by atoms with van der Waals surface area (Å²) in [5, 5.41) is 0.784. The van der Waals surface area contributed by atoms with Gasteiger partial charge in [-0.15, -0.1) is 0 Å². The average molecular weight is 331 g/mol. The van der Waals surface area contributed by atoms with Gasteiger partial charge in [-0.05, 0) is 48.2 Å². The van der Waals surface area contributed by atoms with Gasteiger partial charge in [0.05, 0.1) is 14.2 Å². The maximum Gasteiger partial charge on any atom is 0.161 e. The highest BCUT2D eigenvalue weighted by molar-refractivity contribution is 6.30. The van der Waals surface area contributed by atoms with E-state index in [1.807, 2.05) is 18.2 Å². The topological polar surface area (TPSA) is 18.5 Å². The molecule has 3 rings (SSSR count). The lowest BCUT2D eigenvalue weighted by Gasteiger charge is -2.39. The molecule has 1 fully saturated rings. The van der Waals surface area contributed by atoms with Crippen LogP contribution in [-0.2, 0) is 5.41 Å². The molecule has 122 valence electrons. The van der Waals surface area contributed by atoms with Gasteiger partial charge < -0.3 is 9.47 Å². The van der Waals surface area contributed by atoms with E-state index in [-0.39, 0.29) is 5.41 Å². The van der Waals surface area contributed by atoms with Crippen LogP contribution in [0.5, 0.6) is 11.5 Å². The first kappa shape index (κ1) is 16.2. The molecule has 0 bridgehead atoms. The number of hydrogen-bond acceptors (Lipinski definition) is 2. The lowest BCUT2D eigenvalue weighted by atomic mass is 9.65. The Morgan fingerprint density at radius 2 is 1.39 bits per heavy atom. The van der Waals surface area contributed by atoms with Crippen molar-refractivity contribution in [1.29, 1.82) is 0 Å². The maximum atomic E-state index is 6.09. The highest BCUT2D eigenvalue weighted by Gasteiger charge is 2.36. The van der Waals surface area contributed by atoms with Crippen LogP contribution in [0, 0.1) is 0 Å². The predicted molar refractivity (Wildman–Crippen MR) is 94.9 cm³/mol. The number of benzene rings is 2. The van der Waals surface area contributed by atoms with E-state index in [2.05, 4.69) is 24.3 Å². The molecule has 0 aromatic heterocycles. The van der Waals surface area contributed by atoms with E-state index in [9.17, 15) is 0 Å². The third kappa shape index (κ3) is 3.05. The molecule has 1 saturated carbocycles. The fourth-order valence-corrected chi connectivity index (χ4v) is 3.93. The standard InChI is InChI=1S/C20H23ClO2/c1-22-18-11-8-16(14-19(18)23-2)20(12-4-3-5-13-20)15-6-9-17(21)10-7-15/h6-11,14H,3-5,12-13H2,1-2H3. The van der Waals surface area contributed by atoms with Crippen LogP contribution < -0.4 is 9.47 Å². The first-order chi connectivity index (χ1) is 11.2. The normalized spacial score (nSPS) is 16.8. The quantitative estimate of drug-likeness (QED) is 0.725. The highest BCUT2D eigenvalue weighted by Crippen LogP contribution is 2.46. The van der Waals surface area contributed by atoms with E-state index in [0.717, 1.165) is 29.4 Å². The molecular weight excluding hydrogens is 308 g/mol. The van der Waals surface area contributed by atoms with Crippen LogP contribution in [0.1, 0.15) is 43.2 Å². The summed E-state index contributed by atoms with van der Waals surface area (Å²) >= 11 is 6.09. The van der Waals surface area contributed by atoms with E-state index in [1.54, 1.807) is 14.2 Å². The summed E-state index contributed by atoms with van der Waals surface area (Å²) in [7, 11) is 3.37. The fraction of sp³-hybridized carbons (Fsp3) is 0.400. The Labute approximate surface area is 143 Å². The summed E-state index contributed by atoms with van der Waals surface area (Å²) in [5.41, 5.74) is 2.69. The van der Waals surface area contributed by atoms with Gasteiger partial charge >= 0.3 is 0 Å². The van der Waals surface area contributed by atoms with Crippen molar-refractivity contribution in [3.05, 3.63) is 58.6 Å². The van der Waals surface area contributed by atoms with Gasteiger partial charge in [0.15, 0.2) is 11.5 Å². The Balaban J connectivity index is 2.10. The Bertz CT molecular complexity index is 658. The smallest absolute Gasteiger partial charge is 0.161 e. The molecule has 0 atom stereocenters. The van der Waals surface area contributed by atoms with E-state index >= 15 is 0 Å². The van der Waals surface area contributed by atoms with E-state index in [1.165, 1.54) is 30.4 Å². The molecule has 3 heteroatoms. The molecule has 1 aliphatic rings. The second-order valence-electron chi connectivity index (χ2n) is 6.22. The van der Waals surface area contributed by atoms with E-state index in [4.69, 9.17) is 21.1 Å². The zero-order chi connectivity index (χ0) is 16.3. The van der Waals surface area contributed by atoms with Gasteiger partial charge in [0.1, 0.15) is 0 Å². The second-order valence-corrected chi connectivity index (χ2v) is 6.66. The van der Waals surface area contributed by atoms with Crippen molar-refractivity contribution < 1.29 is 9.47 Å². The molecule has 0 N–H and O–H groups in total. The lowest BCUT2D eigenvalue weighted by molar-refractivity contribution is 0.336. The minimum atomic E-state index is 0.0440. The van der Waals surface area contributed by atoms with Crippen LogP contribution in [0.2, 0.25) is 5.02 Å². The van der Waals surface area contributed by atoms with E-state index < -0.39 is 0 Å². The minimum absolute atomic E-state index is 0.0440. The molecule has 23 heavy (non-hydrogen) atoms. The number of hydrogen-bond donors (Lipinski definition) is 0. The van der Waals surface area contributed by atoms with Crippen molar-refractivity contribution in [2.24, 2.45) is 0 Å². The summed E-state index contributed by atoms with van der Waals surface area (Å²) in [5.74, 6) is 1.57. The second kappa shape index (κ2) is 6.84. The number of ether oxygens (including phenoxy) is 2. The van der Waals surface area contributed by atoms with Gasteiger partial charge in [0, 0.05) is 10.4 Å². The maximum absolute atomic E-state index is 6.09. The molecule has 1 aliphatic carbocycles. The van der Waals surface area contributed by atoms with Gasteiger partial charge in [0.25, 0.3) is 0 Å². The Morgan fingerprint density at radius 1 is 0.783 bits per heavy atom. The molecule has 0 aliphatic heterocycles. The number of rotatable bonds is 4. The lowest BCUT2D eigenvalue weighted by Crippen LogP contribution is -2.30. The Kier molecular flexibility index (Phi) is 4.82. The molecule has 2 nitrogen and oxygen atoms in total. The van der Waals surface area contributed by atoms with Gasteiger partial charge in [-0.1, -0.05) is 49.1 Å². The first-order valence-corrected chi connectivity index (χ1v) is 8.56. The molecule has 0 radical (unpaired) electrons. The summed E-state index contributed by atoms with van der Waals surface area (Å²) in [6, 6.07) is 14.7. The zero-order valence-electron chi connectivity index (χ0n) is 13.8. The van der Waals surface area contributed by atoms with Crippen molar-refractivity contribution in [1.82, 2.24) is 0 Å². The van der Waals surface area contributed by atoms with Crippen molar-refractivity contribution in [3.8, 4) is 11.5 Å². The zero-order valence-corrected chi connectivity index (χ0v) is 14.5. The monoisotopic (exact) mass is 330 g/mol. The van der Waals surface area contributed by atoms with Crippen LogP contribution in [0.15, 0.2) is 42.5 Å². The van der Waals surface area contributed by atoms with Crippen molar-refractivity contribution in [2.75, 3.05) is 14.2 Å². The van der Waals surface area contributed by atoms with Crippen LogP contribution in [0.4, 0.5) is 0 Å². The van der Waals surface area contributed by atoms with Gasteiger partial charge in [0.2, 0.25) is 0 Å². The number of methoxy groups -OCH3 is 2. The fourth-order valence-electron chi connectivity index (χ4n) is 3.80. The summed E-state index contributed by atoms with van der Waals surface area (Å²) < 4.78 is 10.9. The molecule has 0 amide bonds. The van der Waals surface area contributed by atoms with Gasteiger partial charge in [-0.2, -0.15) is 0 Å². The van der Waals surface area contributed by atoms with Crippen LogP contribution >= 0.6 is 11.6 Å². The summed E-state index contributed by atoms with van der Waals surface area (Å²) in [6.07, 6.45) is 6.12. The average Bonchev–Trinajstić information content (AvgIpc) is 2.62. The van der Waals surface area contributed by atoms with Gasteiger partial charge in [-0.3, -0.25) is 0 Å². The van der Waals surface area contributed by atoms with Crippen LogP contribution in [0.3, 0.4) is 0 Å². The third-order valence-electron chi connectivity index (χ3n) is 5.04. The molecular formula is C20H23ClO2. The van der Waals surface area contributed by atoms with Crippen LogP contribution in [-0.4, -0.2) is 14.2 Å².